The van der Waals surface area contributed by atoms with Crippen LogP contribution in [-0.4, -0.2) is 22.7 Å². The Hall–Kier alpha value is -2.37. The van der Waals surface area contributed by atoms with E-state index in [0.29, 0.717) is 18.3 Å². The minimum absolute atomic E-state index is 0.191. The van der Waals surface area contributed by atoms with Crippen molar-refractivity contribution in [2.75, 3.05) is 11.9 Å². The van der Waals surface area contributed by atoms with Gasteiger partial charge in [-0.05, 0) is 43.5 Å². The molecule has 0 atom stereocenters. The van der Waals surface area contributed by atoms with E-state index in [9.17, 15) is 4.79 Å². The summed E-state index contributed by atoms with van der Waals surface area (Å²) in [6.07, 6.45) is 6.96. The third kappa shape index (κ3) is 4.13. The molecule has 1 aliphatic carbocycles. The number of anilines is 1. The summed E-state index contributed by atoms with van der Waals surface area (Å²) in [4.78, 5) is 16.2. The van der Waals surface area contributed by atoms with Gasteiger partial charge in [-0.3, -0.25) is 0 Å². The number of aromatic nitrogens is 2. The molecule has 1 saturated carbocycles. The van der Waals surface area contributed by atoms with Gasteiger partial charge in [0.1, 0.15) is 0 Å². The number of hydrogen-bond donors (Lipinski definition) is 2. The van der Waals surface area contributed by atoms with Crippen molar-refractivity contribution in [3.05, 3.63) is 30.2 Å². The average molecular weight is 328 g/mol. The fourth-order valence-electron chi connectivity index (χ4n) is 2.98. The van der Waals surface area contributed by atoms with Gasteiger partial charge < -0.3 is 15.2 Å². The van der Waals surface area contributed by atoms with E-state index in [4.69, 9.17) is 4.52 Å². The number of nitrogens with zero attached hydrogens (tertiary/aromatic N) is 2. The predicted octanol–water partition coefficient (Wildman–Crippen LogP) is 4.32. The molecular formula is C18H24N4O2. The summed E-state index contributed by atoms with van der Waals surface area (Å²) >= 11 is 0. The van der Waals surface area contributed by atoms with Crippen LogP contribution in [0.2, 0.25) is 0 Å². The van der Waals surface area contributed by atoms with E-state index in [0.717, 1.165) is 36.4 Å². The number of urea groups is 1. The van der Waals surface area contributed by atoms with E-state index in [1.54, 1.807) is 0 Å². The molecule has 2 aromatic rings. The van der Waals surface area contributed by atoms with E-state index in [1.807, 2.05) is 31.2 Å². The average Bonchev–Trinajstić information content (AvgIpc) is 3.11. The summed E-state index contributed by atoms with van der Waals surface area (Å²) in [5, 5.41) is 9.68. The number of nitrogens with one attached hydrogen (secondary N) is 2. The van der Waals surface area contributed by atoms with Gasteiger partial charge in [0.2, 0.25) is 11.7 Å². The van der Waals surface area contributed by atoms with E-state index in [2.05, 4.69) is 20.8 Å². The summed E-state index contributed by atoms with van der Waals surface area (Å²) < 4.78 is 5.46. The molecule has 0 radical (unpaired) electrons. The summed E-state index contributed by atoms with van der Waals surface area (Å²) in [5.74, 6) is 1.77. The molecule has 3 rings (SSSR count). The molecule has 1 aliphatic rings. The van der Waals surface area contributed by atoms with Crippen LogP contribution in [0.1, 0.15) is 57.3 Å². The second-order valence-corrected chi connectivity index (χ2v) is 6.25. The van der Waals surface area contributed by atoms with Gasteiger partial charge in [-0.1, -0.05) is 31.3 Å². The van der Waals surface area contributed by atoms with Gasteiger partial charge in [-0.15, -0.1) is 0 Å². The van der Waals surface area contributed by atoms with Gasteiger partial charge in [0, 0.05) is 23.7 Å². The zero-order valence-electron chi connectivity index (χ0n) is 14.0. The molecule has 128 valence electrons. The number of benzene rings is 1. The van der Waals surface area contributed by atoms with Gasteiger partial charge >= 0.3 is 6.03 Å². The van der Waals surface area contributed by atoms with Crippen molar-refractivity contribution >= 4 is 11.7 Å². The van der Waals surface area contributed by atoms with Gasteiger partial charge in [0.15, 0.2) is 0 Å². The highest BCUT2D eigenvalue weighted by atomic mass is 16.5. The Morgan fingerprint density at radius 2 is 1.96 bits per heavy atom. The van der Waals surface area contributed by atoms with E-state index < -0.39 is 0 Å². The summed E-state index contributed by atoms with van der Waals surface area (Å²) in [6, 6.07) is 7.29. The van der Waals surface area contributed by atoms with Crippen molar-refractivity contribution < 1.29 is 9.32 Å². The minimum Gasteiger partial charge on any atom is -0.339 e. The zero-order valence-corrected chi connectivity index (χ0v) is 14.0. The van der Waals surface area contributed by atoms with Crippen LogP contribution in [-0.2, 0) is 0 Å². The van der Waals surface area contributed by atoms with Crippen molar-refractivity contribution in [2.45, 2.75) is 51.4 Å². The molecule has 0 saturated heterocycles. The number of carbonyl (C=O) groups excluding carboxylic acids is 1. The maximum absolute atomic E-state index is 11.6. The van der Waals surface area contributed by atoms with E-state index in [1.165, 1.54) is 19.3 Å². The first-order valence-corrected chi connectivity index (χ1v) is 8.75. The highest BCUT2D eigenvalue weighted by Crippen LogP contribution is 2.32. The van der Waals surface area contributed by atoms with Gasteiger partial charge in [0.25, 0.3) is 0 Å². The van der Waals surface area contributed by atoms with Crippen molar-refractivity contribution in [3.63, 3.8) is 0 Å². The largest absolute Gasteiger partial charge is 0.339 e. The molecule has 1 heterocycles. The van der Waals surface area contributed by atoms with Crippen LogP contribution in [0.15, 0.2) is 28.8 Å². The Bertz CT molecular complexity index is 660. The maximum atomic E-state index is 11.6. The molecule has 0 aliphatic heterocycles. The molecule has 0 unspecified atom stereocenters. The molecule has 6 heteroatoms. The highest BCUT2D eigenvalue weighted by Gasteiger charge is 2.21. The fraction of sp³-hybridized carbons (Fsp3) is 0.500. The lowest BCUT2D eigenvalue weighted by molar-refractivity contribution is 0.252. The van der Waals surface area contributed by atoms with Gasteiger partial charge in [-0.25, -0.2) is 4.79 Å². The van der Waals surface area contributed by atoms with Crippen LogP contribution in [0, 0.1) is 0 Å². The lowest BCUT2D eigenvalue weighted by Crippen LogP contribution is -2.29. The predicted molar refractivity (Wildman–Crippen MR) is 92.9 cm³/mol. The minimum atomic E-state index is -0.191. The Morgan fingerprint density at radius 3 is 2.67 bits per heavy atom. The van der Waals surface area contributed by atoms with Crippen molar-refractivity contribution in [3.8, 4) is 11.4 Å². The monoisotopic (exact) mass is 328 g/mol. The van der Waals surface area contributed by atoms with Crippen LogP contribution < -0.4 is 10.6 Å². The molecule has 1 aromatic heterocycles. The third-order valence-corrected chi connectivity index (χ3v) is 4.33. The molecule has 1 fully saturated rings. The molecule has 2 N–H and O–H groups in total. The van der Waals surface area contributed by atoms with Crippen LogP contribution in [0.5, 0.6) is 0 Å². The Balaban J connectivity index is 1.63. The van der Waals surface area contributed by atoms with Gasteiger partial charge in [0.05, 0.1) is 0 Å². The normalized spacial score (nSPS) is 15.2. The SMILES string of the molecule is CCCNC(=O)Nc1ccc(-c2noc(C3CCCCC3)n2)cc1. The zero-order chi connectivity index (χ0) is 16.8. The van der Waals surface area contributed by atoms with Crippen molar-refractivity contribution in [1.82, 2.24) is 15.5 Å². The molecular weight excluding hydrogens is 304 g/mol. The first kappa shape index (κ1) is 16.5. The second kappa shape index (κ2) is 7.95. The standard InChI is InChI=1S/C18H24N4O2/c1-2-12-19-18(23)20-15-10-8-13(9-11-15)16-21-17(24-22-16)14-6-4-3-5-7-14/h8-11,14H,2-7,12H2,1H3,(H2,19,20,23). The first-order valence-electron chi connectivity index (χ1n) is 8.75. The lowest BCUT2D eigenvalue weighted by Gasteiger charge is -2.17. The number of carbonyl (C=O) groups is 1. The van der Waals surface area contributed by atoms with Crippen LogP contribution in [0.4, 0.5) is 10.5 Å². The Morgan fingerprint density at radius 1 is 1.21 bits per heavy atom. The smallest absolute Gasteiger partial charge is 0.319 e. The molecule has 0 bridgehead atoms. The Labute approximate surface area is 142 Å². The highest BCUT2D eigenvalue weighted by molar-refractivity contribution is 5.89. The molecule has 6 nitrogen and oxygen atoms in total. The first-order chi connectivity index (χ1) is 11.8. The third-order valence-electron chi connectivity index (χ3n) is 4.33. The second-order valence-electron chi connectivity index (χ2n) is 6.25. The Kier molecular flexibility index (Phi) is 5.46. The van der Waals surface area contributed by atoms with Crippen molar-refractivity contribution in [1.29, 1.82) is 0 Å². The fourth-order valence-corrected chi connectivity index (χ4v) is 2.98. The van der Waals surface area contributed by atoms with Crippen LogP contribution in [0.25, 0.3) is 11.4 Å². The lowest BCUT2D eigenvalue weighted by atomic mass is 9.89. The molecule has 2 amide bonds. The summed E-state index contributed by atoms with van der Waals surface area (Å²) in [5.41, 5.74) is 1.63. The van der Waals surface area contributed by atoms with Crippen LogP contribution >= 0.6 is 0 Å². The summed E-state index contributed by atoms with van der Waals surface area (Å²) in [7, 11) is 0. The molecule has 1 aromatic carbocycles. The number of hydrogen-bond acceptors (Lipinski definition) is 4. The van der Waals surface area contributed by atoms with Crippen molar-refractivity contribution in [2.24, 2.45) is 0 Å². The quantitative estimate of drug-likeness (QED) is 0.857. The topological polar surface area (TPSA) is 80.0 Å². The van der Waals surface area contributed by atoms with Crippen LogP contribution in [0.3, 0.4) is 0 Å². The molecule has 24 heavy (non-hydrogen) atoms. The van der Waals surface area contributed by atoms with E-state index >= 15 is 0 Å². The molecule has 0 spiro atoms. The maximum Gasteiger partial charge on any atom is 0.319 e. The summed E-state index contributed by atoms with van der Waals surface area (Å²) in [6.45, 7) is 2.68. The number of amides is 2. The van der Waals surface area contributed by atoms with Gasteiger partial charge in [-0.2, -0.15) is 4.98 Å². The number of rotatable bonds is 5. The van der Waals surface area contributed by atoms with E-state index in [-0.39, 0.29) is 6.03 Å².